The fourth-order valence-electron chi connectivity index (χ4n) is 6.77. The highest BCUT2D eigenvalue weighted by Crippen LogP contribution is 2.47. The molecule has 0 spiro atoms. The fraction of sp³-hybridized carbons (Fsp3) is 0.647. The Bertz CT molecular complexity index is 1590. The molecule has 2 aliphatic rings. The maximum atomic E-state index is 12.8. The Morgan fingerprint density at radius 2 is 0.955 bits per heavy atom. The number of aliphatic hydroxyl groups is 5. The molecule has 0 aromatic heterocycles. The Hall–Kier alpha value is -3.27. The van der Waals surface area contributed by atoms with Crippen LogP contribution in [0.1, 0.15) is 142 Å². The second-order valence-electron chi connectivity index (χ2n) is 16.6. The van der Waals surface area contributed by atoms with Crippen molar-refractivity contribution in [2.24, 2.45) is 0 Å². The third-order valence-corrected chi connectivity index (χ3v) is 11.8. The molecule has 1 aliphatic carbocycles. The zero-order valence-electron chi connectivity index (χ0n) is 39.4. The van der Waals surface area contributed by atoms with E-state index in [9.17, 15) is 44.6 Å². The average Bonchev–Trinajstić information content (AvgIpc) is 4.06. The van der Waals surface area contributed by atoms with E-state index in [1.165, 1.54) is 38.5 Å². The van der Waals surface area contributed by atoms with Gasteiger partial charge in [-0.2, -0.15) is 0 Å². The standard InChI is InChI=1S/C51H81O14P/c1-3-5-7-9-11-12-13-14-15-16-17-18-19-20-21-22-25-29-33-37-44(52)61-39-41(40-62-66(59,60)65-51-49(57)47(55)46(54)48(56)50(51)58)63-45(53)38-34-30-26-23-24-28-32-36-43-42(64-43)35-31-27-10-8-6-4-2/h11-12,14-15,17-18,20-21,23,25-29,31-32,41-43,46-51,54-58H,3-10,13,16,19,22,24,30,33-40H2,1-2H3,(H,59,60)/b12-11-,15-14-,18-17-,21-20-,26-23-,29-25-,31-27-,32-28-/t41-,42?,43?,46?,47-,48+,49-,50-,51?/m1/s1. The molecule has 5 unspecified atom stereocenters. The van der Waals surface area contributed by atoms with E-state index >= 15 is 0 Å². The van der Waals surface area contributed by atoms with Crippen LogP contribution in [-0.2, 0) is 37.4 Å². The number of unbranched alkanes of at least 4 members (excludes halogenated alkanes) is 7. The molecule has 0 bridgehead atoms. The van der Waals surface area contributed by atoms with Crippen LogP contribution in [0.5, 0.6) is 0 Å². The van der Waals surface area contributed by atoms with Crippen molar-refractivity contribution in [3.63, 3.8) is 0 Å². The Kier molecular flexibility index (Phi) is 32.8. The minimum atomic E-state index is -5.16. The number of ether oxygens (including phenoxy) is 3. The van der Waals surface area contributed by atoms with Gasteiger partial charge in [-0.1, -0.05) is 137 Å². The number of phosphoric ester groups is 1. The summed E-state index contributed by atoms with van der Waals surface area (Å²) >= 11 is 0. The number of hydrogen-bond acceptors (Lipinski definition) is 13. The lowest BCUT2D eigenvalue weighted by molar-refractivity contribution is -0.220. The van der Waals surface area contributed by atoms with Crippen LogP contribution in [0.25, 0.3) is 0 Å². The predicted molar refractivity (Wildman–Crippen MR) is 257 cm³/mol. The molecule has 0 amide bonds. The normalized spacial score (nSPS) is 25.2. The topological polar surface area (TPSA) is 222 Å². The summed E-state index contributed by atoms with van der Waals surface area (Å²) in [6, 6.07) is 0. The van der Waals surface area contributed by atoms with E-state index in [2.05, 4.69) is 80.7 Å². The molecule has 2 fully saturated rings. The van der Waals surface area contributed by atoms with Gasteiger partial charge >= 0.3 is 19.8 Å². The number of carbonyl (C=O) groups excluding carboxylic acids is 2. The number of allylic oxidation sites excluding steroid dienone is 14. The van der Waals surface area contributed by atoms with Crippen molar-refractivity contribution < 1.29 is 67.8 Å². The maximum absolute atomic E-state index is 12.8. The van der Waals surface area contributed by atoms with E-state index < -0.39 is 75.7 Å². The summed E-state index contributed by atoms with van der Waals surface area (Å²) in [4.78, 5) is 35.7. The lowest BCUT2D eigenvalue weighted by atomic mass is 9.85. The highest BCUT2D eigenvalue weighted by atomic mass is 31.2. The van der Waals surface area contributed by atoms with Gasteiger partial charge in [0.25, 0.3) is 0 Å². The van der Waals surface area contributed by atoms with Crippen LogP contribution in [0, 0.1) is 0 Å². The van der Waals surface area contributed by atoms with Gasteiger partial charge in [0.05, 0.1) is 18.8 Å². The first-order valence-corrected chi connectivity index (χ1v) is 25.7. The number of aliphatic hydroxyl groups excluding tert-OH is 5. The second kappa shape index (κ2) is 36.7. The van der Waals surface area contributed by atoms with Gasteiger partial charge in [-0.25, -0.2) is 4.57 Å². The molecular formula is C51H81O14P. The number of esters is 2. The van der Waals surface area contributed by atoms with Gasteiger partial charge in [-0.15, -0.1) is 0 Å². The zero-order chi connectivity index (χ0) is 48.3. The molecule has 0 aromatic rings. The van der Waals surface area contributed by atoms with Crippen LogP contribution in [0.4, 0.5) is 0 Å². The van der Waals surface area contributed by atoms with Crippen LogP contribution in [-0.4, -0.2) is 111 Å². The third-order valence-electron chi connectivity index (χ3n) is 10.8. The van der Waals surface area contributed by atoms with E-state index in [1.54, 1.807) is 0 Å². The number of carbonyl (C=O) groups is 2. The Balaban J connectivity index is 1.76. The van der Waals surface area contributed by atoms with Gasteiger partial charge < -0.3 is 44.6 Å². The van der Waals surface area contributed by atoms with Crippen molar-refractivity contribution in [1.29, 1.82) is 0 Å². The second-order valence-corrected chi connectivity index (χ2v) is 18.0. The summed E-state index contributed by atoms with van der Waals surface area (Å²) in [6.45, 7) is 3.11. The first-order chi connectivity index (χ1) is 31.9. The number of epoxide rings is 1. The van der Waals surface area contributed by atoms with Crippen molar-refractivity contribution in [3.8, 4) is 0 Å². The van der Waals surface area contributed by atoms with Gasteiger partial charge in [-0.3, -0.25) is 18.6 Å². The molecule has 14 nitrogen and oxygen atoms in total. The Morgan fingerprint density at radius 3 is 1.47 bits per heavy atom. The number of phosphoric acid groups is 1. The highest BCUT2D eigenvalue weighted by Gasteiger charge is 2.51. The summed E-state index contributed by atoms with van der Waals surface area (Å²) in [6.07, 6.45) is 37.9. The summed E-state index contributed by atoms with van der Waals surface area (Å²) in [5, 5.41) is 50.2. The van der Waals surface area contributed by atoms with Gasteiger partial charge in [0.15, 0.2) is 6.10 Å². The minimum Gasteiger partial charge on any atom is -0.462 e. The number of rotatable bonds is 37. The molecule has 10 atom stereocenters. The molecule has 1 aliphatic heterocycles. The summed E-state index contributed by atoms with van der Waals surface area (Å²) < 4.78 is 39.2. The predicted octanol–water partition coefficient (Wildman–Crippen LogP) is 8.82. The van der Waals surface area contributed by atoms with Gasteiger partial charge in [-0.05, 0) is 89.9 Å². The fourth-order valence-corrected chi connectivity index (χ4v) is 7.75. The van der Waals surface area contributed by atoms with Crippen molar-refractivity contribution in [2.45, 2.75) is 197 Å². The van der Waals surface area contributed by atoms with E-state index in [-0.39, 0.29) is 18.9 Å². The summed E-state index contributed by atoms with van der Waals surface area (Å²) in [5.74, 6) is -1.28. The molecule has 0 radical (unpaired) electrons. The molecule has 1 saturated heterocycles. The SMILES string of the molecule is CCCCC/C=C\C/C=C\C/C=C\C/C=C\C/C=C\CCC(=O)OC[C@H](COP(=O)(O)OC1[C@H](O)[C@H](O)C(O)[C@H](O)[C@H]1O)OC(=O)CCC/C=C\C/C=C\CC1OC1C/C=C\CCCCC. The molecule has 374 valence electrons. The number of hydrogen-bond donors (Lipinski definition) is 6. The molecule has 15 heteroatoms. The van der Waals surface area contributed by atoms with Crippen molar-refractivity contribution in [1.82, 2.24) is 0 Å². The Morgan fingerprint density at radius 1 is 0.530 bits per heavy atom. The zero-order valence-corrected chi connectivity index (χ0v) is 40.3. The van der Waals surface area contributed by atoms with E-state index in [0.29, 0.717) is 31.8 Å². The van der Waals surface area contributed by atoms with Gasteiger partial charge in [0.2, 0.25) is 0 Å². The van der Waals surface area contributed by atoms with Crippen molar-refractivity contribution in [2.75, 3.05) is 13.2 Å². The van der Waals surface area contributed by atoms with Crippen LogP contribution in [0.3, 0.4) is 0 Å². The smallest absolute Gasteiger partial charge is 0.462 e. The third kappa shape index (κ3) is 28.2. The first-order valence-electron chi connectivity index (χ1n) is 24.2. The van der Waals surface area contributed by atoms with Crippen LogP contribution >= 0.6 is 7.82 Å². The largest absolute Gasteiger partial charge is 0.472 e. The molecular weight excluding hydrogens is 868 g/mol. The Labute approximate surface area is 394 Å². The molecule has 1 saturated carbocycles. The lowest BCUT2D eigenvalue weighted by Crippen LogP contribution is -2.64. The highest BCUT2D eigenvalue weighted by molar-refractivity contribution is 7.47. The minimum absolute atomic E-state index is 0.00579. The molecule has 66 heavy (non-hydrogen) atoms. The molecule has 2 rings (SSSR count). The summed E-state index contributed by atoms with van der Waals surface area (Å²) in [7, 11) is -5.16. The van der Waals surface area contributed by atoms with Gasteiger partial charge in [0.1, 0.15) is 43.2 Å². The summed E-state index contributed by atoms with van der Waals surface area (Å²) in [5.41, 5.74) is 0. The lowest BCUT2D eigenvalue weighted by Gasteiger charge is -2.41. The monoisotopic (exact) mass is 949 g/mol. The average molecular weight is 949 g/mol. The van der Waals surface area contributed by atoms with E-state index in [0.717, 1.165) is 51.4 Å². The van der Waals surface area contributed by atoms with Crippen molar-refractivity contribution >= 4 is 19.8 Å². The van der Waals surface area contributed by atoms with E-state index in [1.807, 2.05) is 30.4 Å². The van der Waals surface area contributed by atoms with Crippen molar-refractivity contribution in [3.05, 3.63) is 97.2 Å². The maximum Gasteiger partial charge on any atom is 0.472 e. The first kappa shape index (κ1) is 58.9. The van der Waals surface area contributed by atoms with Crippen LogP contribution in [0.2, 0.25) is 0 Å². The van der Waals surface area contributed by atoms with Crippen LogP contribution in [0.15, 0.2) is 97.2 Å². The quantitative estimate of drug-likeness (QED) is 0.0113. The van der Waals surface area contributed by atoms with E-state index in [4.69, 9.17) is 23.3 Å². The molecule has 1 heterocycles. The molecule has 6 N–H and O–H groups in total. The molecule has 0 aromatic carbocycles. The van der Waals surface area contributed by atoms with Crippen LogP contribution < -0.4 is 0 Å². The van der Waals surface area contributed by atoms with Gasteiger partial charge in [0, 0.05) is 12.8 Å².